The molecule has 0 bridgehead atoms. The molecule has 0 saturated heterocycles. The summed E-state index contributed by atoms with van der Waals surface area (Å²) >= 11 is 1.79. The van der Waals surface area contributed by atoms with Crippen LogP contribution in [-0.2, 0) is 16.3 Å². The third-order valence-electron chi connectivity index (χ3n) is 8.14. The molecule has 0 saturated carbocycles. The van der Waals surface area contributed by atoms with Gasteiger partial charge in [-0.05, 0) is 60.1 Å². The second-order valence-corrected chi connectivity index (χ2v) is 13.0. The summed E-state index contributed by atoms with van der Waals surface area (Å²) in [5.41, 5.74) is 12.0. The van der Waals surface area contributed by atoms with E-state index in [-0.39, 0.29) is 29.3 Å². The average molecular weight is 597 g/mol. The quantitative estimate of drug-likeness (QED) is 0.219. The Balaban J connectivity index is 1.67. The Morgan fingerprint density at radius 1 is 1.12 bits per heavy atom. The Labute approximate surface area is 255 Å². The number of ketones is 1. The lowest BCUT2D eigenvalue weighted by Gasteiger charge is -2.43. The summed E-state index contributed by atoms with van der Waals surface area (Å²) in [4.78, 5) is 26.8. The molecule has 9 heteroatoms. The zero-order chi connectivity index (χ0) is 31.1. The highest BCUT2D eigenvalue weighted by atomic mass is 32.2. The van der Waals surface area contributed by atoms with Gasteiger partial charge in [-0.2, -0.15) is 17.0 Å². The summed E-state index contributed by atoms with van der Waals surface area (Å²) in [5, 5.41) is 22.5. The van der Waals surface area contributed by atoms with Crippen LogP contribution in [0.5, 0.6) is 0 Å². The van der Waals surface area contributed by atoms with E-state index in [1.165, 1.54) is 16.5 Å². The number of aryl methyl sites for hydroxylation is 1. The van der Waals surface area contributed by atoms with Gasteiger partial charge in [-0.1, -0.05) is 61.9 Å². The summed E-state index contributed by atoms with van der Waals surface area (Å²) in [6, 6.07) is 19.8. The number of nitriles is 1. The highest BCUT2D eigenvalue weighted by molar-refractivity contribution is 7.97. The topological polar surface area (TPSA) is 113 Å². The molecule has 7 nitrogen and oxygen atoms in total. The normalized spacial score (nSPS) is 18.0. The minimum absolute atomic E-state index is 0.00682. The molecule has 2 N–H and O–H groups in total. The van der Waals surface area contributed by atoms with Gasteiger partial charge in [0.2, 0.25) is 0 Å². The molecular formula is C34H33FN4O3S. The van der Waals surface area contributed by atoms with Gasteiger partial charge in [0.1, 0.15) is 17.3 Å². The minimum atomic E-state index is -0.768. The van der Waals surface area contributed by atoms with Crippen molar-refractivity contribution in [1.29, 1.82) is 5.26 Å². The Morgan fingerprint density at radius 3 is 2.51 bits per heavy atom. The first kappa shape index (κ1) is 30.1. The van der Waals surface area contributed by atoms with Crippen molar-refractivity contribution >= 4 is 28.9 Å². The number of nitrogens with zero attached hydrogens (tertiary/aromatic N) is 3. The lowest BCUT2D eigenvalue weighted by molar-refractivity contribution is -0.384. The molecule has 43 heavy (non-hydrogen) atoms. The van der Waals surface area contributed by atoms with Crippen molar-refractivity contribution in [2.24, 2.45) is 11.1 Å². The molecule has 1 heterocycles. The molecule has 3 aromatic rings. The Kier molecular flexibility index (Phi) is 8.17. The van der Waals surface area contributed by atoms with E-state index < -0.39 is 27.8 Å². The van der Waals surface area contributed by atoms with Gasteiger partial charge < -0.3 is 5.73 Å². The summed E-state index contributed by atoms with van der Waals surface area (Å²) < 4.78 is 14.1. The summed E-state index contributed by atoms with van der Waals surface area (Å²) in [6.45, 7) is 7.92. The second kappa shape index (κ2) is 11.7. The van der Waals surface area contributed by atoms with Crippen molar-refractivity contribution in [3.05, 3.63) is 127 Å². The number of carbonyl (C=O) groups excluding carboxylic acids is 1. The summed E-state index contributed by atoms with van der Waals surface area (Å²) in [5.74, 6) is -0.0333. The van der Waals surface area contributed by atoms with Crippen molar-refractivity contribution in [3.63, 3.8) is 0 Å². The first-order chi connectivity index (χ1) is 20.4. The van der Waals surface area contributed by atoms with Crippen molar-refractivity contribution in [1.82, 2.24) is 0 Å². The third kappa shape index (κ3) is 5.80. The molecule has 1 atom stereocenters. The third-order valence-corrected chi connectivity index (χ3v) is 9.19. The maximum Gasteiger partial charge on any atom is 0.296 e. The Morgan fingerprint density at radius 2 is 1.84 bits per heavy atom. The lowest BCUT2D eigenvalue weighted by atomic mass is 9.68. The number of anilines is 1. The molecular weight excluding hydrogens is 563 g/mol. The molecule has 1 aliphatic carbocycles. The Hall–Kier alpha value is -4.42. The van der Waals surface area contributed by atoms with E-state index in [0.717, 1.165) is 45.9 Å². The van der Waals surface area contributed by atoms with Crippen LogP contribution < -0.4 is 10.6 Å². The fourth-order valence-electron chi connectivity index (χ4n) is 6.19. The van der Waals surface area contributed by atoms with E-state index in [0.29, 0.717) is 17.7 Å². The summed E-state index contributed by atoms with van der Waals surface area (Å²) in [7, 11) is 0. The van der Waals surface area contributed by atoms with Crippen LogP contribution in [0.25, 0.3) is 0 Å². The predicted octanol–water partition coefficient (Wildman–Crippen LogP) is 7.73. The average Bonchev–Trinajstić information content (AvgIpc) is 2.94. The SMILES string of the molecule is Cc1cc(CSCc2ccccc2)c(C)c(C2C(C#N)=C(N)N(c3ccc(F)cc3[N+](=O)[O-])C3=C2C(=O)CC(C)(C)C3)c1. The van der Waals surface area contributed by atoms with Gasteiger partial charge in [0.05, 0.1) is 28.5 Å². The molecule has 1 aliphatic heterocycles. The molecule has 0 radical (unpaired) electrons. The van der Waals surface area contributed by atoms with Crippen LogP contribution in [0.15, 0.2) is 83.3 Å². The van der Waals surface area contributed by atoms with Crippen LogP contribution in [0.4, 0.5) is 15.8 Å². The molecule has 0 aromatic heterocycles. The number of allylic oxidation sites excluding steroid dienone is 3. The monoisotopic (exact) mass is 596 g/mol. The zero-order valence-corrected chi connectivity index (χ0v) is 25.4. The van der Waals surface area contributed by atoms with Gasteiger partial charge in [-0.25, -0.2) is 4.39 Å². The molecule has 220 valence electrons. The number of hydrogen-bond acceptors (Lipinski definition) is 7. The fourth-order valence-corrected chi connectivity index (χ4v) is 7.24. The number of halogens is 1. The Bertz CT molecular complexity index is 1740. The van der Waals surface area contributed by atoms with E-state index in [1.807, 2.05) is 52.0 Å². The van der Waals surface area contributed by atoms with E-state index >= 15 is 0 Å². The number of rotatable bonds is 7. The number of nitro benzene ring substituents is 1. The van der Waals surface area contributed by atoms with Gasteiger partial charge in [0.15, 0.2) is 5.78 Å². The molecule has 0 spiro atoms. The standard InChI is InChI=1S/C34H33FN4O3S/c1-20-12-23(19-43-18-22-8-6-5-7-9-22)21(2)25(13-20)31-26(17-36)33(37)38(27-11-10-24(35)14-28(27)39(41)42)29-15-34(3,4)16-30(40)32(29)31/h5-14,31H,15-16,18-19,37H2,1-4H3. The number of thioether (sulfide) groups is 1. The lowest BCUT2D eigenvalue weighted by Crippen LogP contribution is -2.42. The first-order valence-electron chi connectivity index (χ1n) is 14.0. The number of nitrogens with two attached hydrogens (primary N) is 1. The first-order valence-corrected chi connectivity index (χ1v) is 15.2. The smallest absolute Gasteiger partial charge is 0.296 e. The minimum Gasteiger partial charge on any atom is -0.384 e. The summed E-state index contributed by atoms with van der Waals surface area (Å²) in [6.07, 6.45) is 0.647. The molecule has 2 aliphatic rings. The van der Waals surface area contributed by atoms with Crippen molar-refractivity contribution in [3.8, 4) is 6.07 Å². The maximum atomic E-state index is 14.1. The van der Waals surface area contributed by atoms with Gasteiger partial charge >= 0.3 is 0 Å². The van der Waals surface area contributed by atoms with Crippen LogP contribution in [0, 0.1) is 46.5 Å². The van der Waals surface area contributed by atoms with Crippen LogP contribution >= 0.6 is 11.8 Å². The highest BCUT2D eigenvalue weighted by Crippen LogP contribution is 2.52. The second-order valence-electron chi connectivity index (χ2n) is 12.0. The van der Waals surface area contributed by atoms with Crippen LogP contribution in [0.3, 0.4) is 0 Å². The number of Topliss-reactive ketones (excluding diaryl/α,β-unsaturated/α-hetero) is 1. The molecule has 1 unspecified atom stereocenters. The predicted molar refractivity (Wildman–Crippen MR) is 168 cm³/mol. The maximum absolute atomic E-state index is 14.1. The van der Waals surface area contributed by atoms with E-state index in [4.69, 9.17) is 5.73 Å². The number of nitro groups is 1. The van der Waals surface area contributed by atoms with E-state index in [2.05, 4.69) is 24.3 Å². The van der Waals surface area contributed by atoms with Gasteiger partial charge in [0.25, 0.3) is 5.69 Å². The number of benzene rings is 3. The number of hydrogen-bond donors (Lipinski definition) is 1. The number of carbonyl (C=O) groups is 1. The van der Waals surface area contributed by atoms with Crippen molar-refractivity contribution in [2.45, 2.75) is 58.0 Å². The molecule has 3 aromatic carbocycles. The van der Waals surface area contributed by atoms with Gasteiger partial charge in [-0.15, -0.1) is 0 Å². The zero-order valence-electron chi connectivity index (χ0n) is 24.6. The molecule has 0 amide bonds. The van der Waals surface area contributed by atoms with Crippen LogP contribution in [0.2, 0.25) is 0 Å². The fraction of sp³-hybridized carbons (Fsp3) is 0.294. The molecule has 0 fully saturated rings. The molecule has 5 rings (SSSR count). The largest absolute Gasteiger partial charge is 0.384 e. The van der Waals surface area contributed by atoms with Crippen molar-refractivity contribution < 1.29 is 14.1 Å². The van der Waals surface area contributed by atoms with Crippen molar-refractivity contribution in [2.75, 3.05) is 4.90 Å². The van der Waals surface area contributed by atoms with Crippen LogP contribution in [0.1, 0.15) is 60.4 Å². The van der Waals surface area contributed by atoms with E-state index in [9.17, 15) is 24.6 Å². The van der Waals surface area contributed by atoms with E-state index in [1.54, 1.807) is 11.8 Å². The van der Waals surface area contributed by atoms with Gasteiger partial charge in [-0.3, -0.25) is 19.8 Å². The van der Waals surface area contributed by atoms with Crippen LogP contribution in [-0.4, -0.2) is 10.7 Å². The van der Waals surface area contributed by atoms with Gasteiger partial charge in [0, 0.05) is 29.2 Å². The highest BCUT2D eigenvalue weighted by Gasteiger charge is 2.46.